The van der Waals surface area contributed by atoms with Gasteiger partial charge in [-0.3, -0.25) is 4.79 Å². The lowest BCUT2D eigenvalue weighted by Crippen LogP contribution is -2.53. The molecule has 5 heteroatoms. The van der Waals surface area contributed by atoms with Crippen LogP contribution in [-0.4, -0.2) is 23.9 Å². The fourth-order valence-electron chi connectivity index (χ4n) is 4.39. The Morgan fingerprint density at radius 2 is 1.96 bits per heavy atom. The number of benzene rings is 2. The highest BCUT2D eigenvalue weighted by Crippen LogP contribution is 2.36. The quantitative estimate of drug-likeness (QED) is 0.805. The fourth-order valence-corrected chi connectivity index (χ4v) is 4.75. The third kappa shape index (κ3) is 3.24. The molecule has 2 N–H and O–H groups in total. The van der Waals surface area contributed by atoms with E-state index in [2.05, 4.69) is 16.7 Å². The molecule has 1 amide bonds. The van der Waals surface area contributed by atoms with Crippen LogP contribution in [0.4, 0.5) is 5.69 Å². The van der Waals surface area contributed by atoms with Gasteiger partial charge in [-0.2, -0.15) is 5.26 Å². The summed E-state index contributed by atoms with van der Waals surface area (Å²) in [5.74, 6) is 0.575. The molecule has 1 aliphatic heterocycles. The van der Waals surface area contributed by atoms with E-state index in [1.165, 1.54) is 0 Å². The first-order valence-electron chi connectivity index (χ1n) is 9.26. The Balaban J connectivity index is 1.50. The van der Waals surface area contributed by atoms with Gasteiger partial charge < -0.3 is 10.6 Å². The molecule has 1 saturated carbocycles. The monoisotopic (exact) mass is 367 g/mol. The number of anilines is 1. The number of alkyl halides is 1. The molecule has 134 valence electrons. The summed E-state index contributed by atoms with van der Waals surface area (Å²) in [5.41, 5.74) is 1.63. The van der Waals surface area contributed by atoms with Gasteiger partial charge in [-0.25, -0.2) is 0 Å². The number of fused-ring (bicyclic) bond motifs is 2. The van der Waals surface area contributed by atoms with Crippen LogP contribution in [0.25, 0.3) is 10.8 Å². The molecule has 4 atom stereocenters. The van der Waals surface area contributed by atoms with Gasteiger partial charge >= 0.3 is 0 Å². The van der Waals surface area contributed by atoms with Crippen LogP contribution in [0.15, 0.2) is 36.4 Å². The lowest BCUT2D eigenvalue weighted by molar-refractivity contribution is -0.129. The lowest BCUT2D eigenvalue weighted by atomic mass is 9.75. The zero-order valence-corrected chi connectivity index (χ0v) is 15.3. The van der Waals surface area contributed by atoms with Crippen LogP contribution in [0.2, 0.25) is 0 Å². The molecule has 0 spiro atoms. The number of halogens is 1. The van der Waals surface area contributed by atoms with E-state index in [4.69, 9.17) is 11.6 Å². The van der Waals surface area contributed by atoms with Crippen LogP contribution in [0, 0.1) is 23.2 Å². The van der Waals surface area contributed by atoms with Crippen molar-refractivity contribution in [3.63, 3.8) is 0 Å². The van der Waals surface area contributed by atoms with Crippen molar-refractivity contribution in [3.8, 4) is 6.07 Å². The molecule has 1 aliphatic carbocycles. The number of piperidine rings is 1. The first-order chi connectivity index (χ1) is 12.7. The molecule has 0 radical (unpaired) electrons. The van der Waals surface area contributed by atoms with E-state index in [1.54, 1.807) is 0 Å². The van der Waals surface area contributed by atoms with E-state index >= 15 is 0 Å². The summed E-state index contributed by atoms with van der Waals surface area (Å²) in [4.78, 5) is 12.5. The van der Waals surface area contributed by atoms with Crippen LogP contribution in [-0.2, 0) is 4.79 Å². The third-order valence-electron chi connectivity index (χ3n) is 5.79. The molecule has 0 aromatic heterocycles. The van der Waals surface area contributed by atoms with Gasteiger partial charge in [0.25, 0.3) is 0 Å². The highest BCUT2D eigenvalue weighted by Gasteiger charge is 2.38. The number of nitrogens with zero attached hydrogens (tertiary/aromatic N) is 1. The van der Waals surface area contributed by atoms with Crippen molar-refractivity contribution in [2.45, 2.75) is 37.1 Å². The van der Waals surface area contributed by atoms with E-state index in [1.807, 2.05) is 36.4 Å². The van der Waals surface area contributed by atoms with E-state index < -0.39 is 0 Å². The minimum atomic E-state index is -0.0485. The van der Waals surface area contributed by atoms with Gasteiger partial charge in [0.2, 0.25) is 5.91 Å². The number of carbonyl (C=O) groups excluding carboxylic acids is 1. The Kier molecular flexibility index (Phi) is 4.74. The normalized spacial score (nSPS) is 28.1. The van der Waals surface area contributed by atoms with Crippen LogP contribution in [0.5, 0.6) is 0 Å². The van der Waals surface area contributed by atoms with E-state index in [0.717, 1.165) is 42.1 Å². The smallest absolute Gasteiger partial charge is 0.225 e. The summed E-state index contributed by atoms with van der Waals surface area (Å²) >= 11 is 6.33. The minimum absolute atomic E-state index is 0.0485. The van der Waals surface area contributed by atoms with E-state index in [0.29, 0.717) is 24.1 Å². The first kappa shape index (κ1) is 17.2. The minimum Gasteiger partial charge on any atom is -0.384 e. The van der Waals surface area contributed by atoms with E-state index in [9.17, 15) is 10.1 Å². The van der Waals surface area contributed by atoms with Crippen molar-refractivity contribution in [2.24, 2.45) is 11.8 Å². The SMILES string of the molecule is N#Cc1ccc(NCC2CC3CC(Cl)CCC3NC2=O)c2ccccc12. The molecular formula is C21H22ClN3O. The largest absolute Gasteiger partial charge is 0.384 e. The number of hydrogen-bond donors (Lipinski definition) is 2. The Morgan fingerprint density at radius 1 is 1.15 bits per heavy atom. The molecule has 4 rings (SSSR count). The predicted octanol–water partition coefficient (Wildman–Crippen LogP) is 4.04. The van der Waals surface area contributed by atoms with Gasteiger partial charge in [0.1, 0.15) is 0 Å². The molecule has 26 heavy (non-hydrogen) atoms. The van der Waals surface area contributed by atoms with Gasteiger partial charge in [-0.15, -0.1) is 11.6 Å². The molecule has 1 heterocycles. The maximum atomic E-state index is 12.5. The summed E-state index contributed by atoms with van der Waals surface area (Å²) in [5, 5.41) is 18.1. The summed E-state index contributed by atoms with van der Waals surface area (Å²) < 4.78 is 0. The average Bonchev–Trinajstić information content (AvgIpc) is 2.66. The van der Waals surface area contributed by atoms with Crippen molar-refractivity contribution in [1.29, 1.82) is 5.26 Å². The van der Waals surface area contributed by atoms with Crippen molar-refractivity contribution in [3.05, 3.63) is 42.0 Å². The Labute approximate surface area is 158 Å². The second-order valence-corrected chi connectivity index (χ2v) is 8.03. The van der Waals surface area contributed by atoms with E-state index in [-0.39, 0.29) is 17.2 Å². The summed E-state index contributed by atoms with van der Waals surface area (Å²) in [6.45, 7) is 0.595. The zero-order chi connectivity index (χ0) is 18.1. The molecule has 4 unspecified atom stereocenters. The average molecular weight is 368 g/mol. The Hall–Kier alpha value is -2.25. The molecule has 2 aromatic carbocycles. The summed E-state index contributed by atoms with van der Waals surface area (Å²) in [7, 11) is 0. The standard InChI is InChI=1S/C21H22ClN3O/c22-16-6-8-19-14(10-16)9-15(21(26)25-19)12-24-20-7-5-13(11-23)17-3-1-2-4-18(17)20/h1-5,7,14-16,19,24H,6,8-10,12H2,(H,25,26). The highest BCUT2D eigenvalue weighted by atomic mass is 35.5. The zero-order valence-electron chi connectivity index (χ0n) is 14.5. The van der Waals surface area contributed by atoms with Crippen LogP contribution < -0.4 is 10.6 Å². The second kappa shape index (κ2) is 7.17. The molecule has 2 aromatic rings. The molecule has 2 fully saturated rings. The van der Waals surface area contributed by atoms with Gasteiger partial charge in [0.15, 0.2) is 0 Å². The maximum absolute atomic E-state index is 12.5. The maximum Gasteiger partial charge on any atom is 0.225 e. The summed E-state index contributed by atoms with van der Waals surface area (Å²) in [6.07, 6.45) is 3.86. The highest BCUT2D eigenvalue weighted by molar-refractivity contribution is 6.20. The Bertz CT molecular complexity index is 875. The number of carbonyl (C=O) groups is 1. The predicted molar refractivity (Wildman–Crippen MR) is 104 cm³/mol. The number of rotatable bonds is 3. The molecule has 1 saturated heterocycles. The van der Waals surface area contributed by atoms with Gasteiger partial charge in [-0.1, -0.05) is 24.3 Å². The number of hydrogen-bond acceptors (Lipinski definition) is 3. The number of nitriles is 1. The summed E-state index contributed by atoms with van der Waals surface area (Å²) in [6, 6.07) is 14.2. The molecule has 2 aliphatic rings. The lowest BCUT2D eigenvalue weighted by Gasteiger charge is -2.41. The fraction of sp³-hybridized carbons (Fsp3) is 0.429. The van der Waals surface area contributed by atoms with Gasteiger partial charge in [-0.05, 0) is 43.7 Å². The van der Waals surface area contributed by atoms with Crippen LogP contribution >= 0.6 is 11.6 Å². The first-order valence-corrected chi connectivity index (χ1v) is 9.69. The van der Waals surface area contributed by atoms with Crippen LogP contribution in [0.3, 0.4) is 0 Å². The molecule has 0 bridgehead atoms. The van der Waals surface area contributed by atoms with Crippen molar-refractivity contribution < 1.29 is 4.79 Å². The van der Waals surface area contributed by atoms with Gasteiger partial charge in [0, 0.05) is 34.4 Å². The molecular weight excluding hydrogens is 346 g/mol. The number of amides is 1. The molecule has 4 nitrogen and oxygen atoms in total. The van der Waals surface area contributed by atoms with Crippen LogP contribution in [0.1, 0.15) is 31.2 Å². The second-order valence-electron chi connectivity index (χ2n) is 7.42. The van der Waals surface area contributed by atoms with Crippen molar-refractivity contribution >= 4 is 34.0 Å². The third-order valence-corrected chi connectivity index (χ3v) is 6.18. The Morgan fingerprint density at radius 3 is 2.77 bits per heavy atom. The van der Waals surface area contributed by atoms with Crippen molar-refractivity contribution in [2.75, 3.05) is 11.9 Å². The van der Waals surface area contributed by atoms with Crippen molar-refractivity contribution in [1.82, 2.24) is 5.32 Å². The number of nitrogens with one attached hydrogen (secondary N) is 2. The van der Waals surface area contributed by atoms with Gasteiger partial charge in [0.05, 0.1) is 17.6 Å². The topological polar surface area (TPSA) is 64.9 Å².